The van der Waals surface area contributed by atoms with E-state index >= 15 is 0 Å². The van der Waals surface area contributed by atoms with Gasteiger partial charge in [0.25, 0.3) is 0 Å². The van der Waals surface area contributed by atoms with Crippen LogP contribution in [0.25, 0.3) is 0 Å². The number of halogens is 3. The predicted molar refractivity (Wildman–Crippen MR) is 147 cm³/mol. The van der Waals surface area contributed by atoms with Crippen LogP contribution in [0.15, 0.2) is 65.1 Å². The van der Waals surface area contributed by atoms with Crippen molar-refractivity contribution in [2.24, 2.45) is 11.8 Å². The Bertz CT molecular complexity index is 1400. The van der Waals surface area contributed by atoms with Crippen LogP contribution in [0.2, 0.25) is 0 Å². The third kappa shape index (κ3) is 3.19. The van der Waals surface area contributed by atoms with Gasteiger partial charge in [0, 0.05) is 23.1 Å². The van der Waals surface area contributed by atoms with Crippen molar-refractivity contribution in [3.05, 3.63) is 98.5 Å². The fraction of sp³-hybridized carbons (Fsp3) is 0.276. The molecule has 188 valence electrons. The second kappa shape index (κ2) is 8.42. The molecule has 1 aliphatic heterocycles. The van der Waals surface area contributed by atoms with Crippen LogP contribution in [0.1, 0.15) is 39.8 Å². The van der Waals surface area contributed by atoms with E-state index in [4.69, 9.17) is 23.2 Å². The lowest BCUT2D eigenvalue weighted by Crippen LogP contribution is -2.57. The number of benzene rings is 3. The number of anilines is 1. The maximum absolute atomic E-state index is 13.8. The van der Waals surface area contributed by atoms with Crippen LogP contribution >= 0.6 is 39.1 Å². The highest BCUT2D eigenvalue weighted by Gasteiger charge is 2.72. The van der Waals surface area contributed by atoms with Gasteiger partial charge in [-0.05, 0) is 59.4 Å². The summed E-state index contributed by atoms with van der Waals surface area (Å²) in [6, 6.07) is 18.8. The molecule has 0 saturated carbocycles. The Morgan fingerprint density at radius 3 is 1.76 bits per heavy atom. The number of alkyl halides is 2. The molecule has 3 aliphatic carbocycles. The van der Waals surface area contributed by atoms with Gasteiger partial charge in [-0.1, -0.05) is 64.5 Å². The highest BCUT2D eigenvalue weighted by molar-refractivity contribution is 9.10. The van der Waals surface area contributed by atoms with E-state index in [2.05, 4.69) is 21.2 Å². The number of nitrogens with zero attached hydrogens (tertiary/aromatic N) is 1. The summed E-state index contributed by atoms with van der Waals surface area (Å²) in [5.41, 5.74) is 5.70. The van der Waals surface area contributed by atoms with E-state index in [-0.39, 0.29) is 30.7 Å². The van der Waals surface area contributed by atoms with Crippen molar-refractivity contribution in [1.82, 2.24) is 4.90 Å². The predicted octanol–water partition coefficient (Wildman–Crippen LogP) is 5.99. The Hall–Kier alpha value is -2.67. The molecule has 2 bridgehead atoms. The molecule has 1 saturated heterocycles. The molecule has 1 heterocycles. The minimum absolute atomic E-state index is 0.0318. The van der Waals surface area contributed by atoms with Crippen molar-refractivity contribution in [3.63, 3.8) is 0 Å². The second-order valence-corrected chi connectivity index (χ2v) is 12.0. The molecular formula is C29H23BrCl2N2O3. The quantitative estimate of drug-likeness (QED) is 0.297. The largest absolute Gasteiger partial charge is 0.326 e. The van der Waals surface area contributed by atoms with Crippen LogP contribution < -0.4 is 5.32 Å². The maximum Gasteiger partial charge on any atom is 0.235 e. The van der Waals surface area contributed by atoms with Crippen molar-refractivity contribution in [2.45, 2.75) is 30.0 Å². The maximum atomic E-state index is 13.8. The molecule has 3 aromatic carbocycles. The minimum atomic E-state index is -1.22. The van der Waals surface area contributed by atoms with Crippen molar-refractivity contribution in [2.75, 3.05) is 11.9 Å². The van der Waals surface area contributed by atoms with Crippen molar-refractivity contribution >= 4 is 62.5 Å². The Morgan fingerprint density at radius 2 is 1.30 bits per heavy atom. The van der Waals surface area contributed by atoms with Gasteiger partial charge in [0.15, 0.2) is 0 Å². The summed E-state index contributed by atoms with van der Waals surface area (Å²) in [5.74, 6) is -2.77. The molecule has 1 fully saturated rings. The molecule has 3 amide bonds. The first-order chi connectivity index (χ1) is 17.6. The fourth-order valence-electron chi connectivity index (χ4n) is 6.29. The van der Waals surface area contributed by atoms with Crippen LogP contribution in [0, 0.1) is 25.7 Å². The van der Waals surface area contributed by atoms with Crippen molar-refractivity contribution in [1.29, 1.82) is 0 Å². The average molecular weight is 598 g/mol. The zero-order valence-electron chi connectivity index (χ0n) is 20.1. The standard InChI is InChI=1S/C29H23BrCl2N2O3/c1-15-16(2)22(12-11-21(15)30)33-23(35)13-14-34-26(36)24-25(27(34)37)29(32)18-8-4-3-7-17(18)28(24,31)19-9-5-6-10-20(19)29/h3-12,24-25H,13-14H2,1-2H3,(H,33,35)/t24-,25+,28?,29?. The van der Waals surface area contributed by atoms with E-state index in [9.17, 15) is 14.4 Å². The molecular weight excluding hydrogens is 575 g/mol. The Kier molecular flexibility index (Phi) is 5.61. The summed E-state index contributed by atoms with van der Waals surface area (Å²) in [7, 11) is 0. The summed E-state index contributed by atoms with van der Waals surface area (Å²) in [6.07, 6.45) is -0.0318. The van der Waals surface area contributed by atoms with Gasteiger partial charge in [-0.25, -0.2) is 0 Å². The number of hydrogen-bond acceptors (Lipinski definition) is 3. The second-order valence-electron chi connectivity index (χ2n) is 9.94. The molecule has 1 N–H and O–H groups in total. The molecule has 5 nitrogen and oxygen atoms in total. The number of carbonyl (C=O) groups is 3. The van der Waals surface area contributed by atoms with Crippen LogP contribution in [0.3, 0.4) is 0 Å². The summed E-state index contributed by atoms with van der Waals surface area (Å²) < 4.78 is 0.959. The number of amides is 3. The lowest BCUT2D eigenvalue weighted by molar-refractivity contribution is -0.140. The molecule has 4 aliphatic rings. The van der Waals surface area contributed by atoms with Gasteiger partial charge in [0.2, 0.25) is 17.7 Å². The van der Waals surface area contributed by atoms with Gasteiger partial charge in [-0.2, -0.15) is 0 Å². The zero-order valence-corrected chi connectivity index (χ0v) is 23.2. The molecule has 3 aromatic rings. The van der Waals surface area contributed by atoms with Gasteiger partial charge in [-0.15, -0.1) is 23.2 Å². The molecule has 8 heteroatoms. The van der Waals surface area contributed by atoms with Crippen molar-refractivity contribution < 1.29 is 14.4 Å². The van der Waals surface area contributed by atoms with Gasteiger partial charge in [-0.3, -0.25) is 19.3 Å². The Balaban J connectivity index is 1.32. The van der Waals surface area contributed by atoms with Gasteiger partial charge in [0.1, 0.15) is 9.75 Å². The van der Waals surface area contributed by atoms with E-state index in [1.165, 1.54) is 4.90 Å². The first-order valence-corrected chi connectivity index (χ1v) is 13.6. The topological polar surface area (TPSA) is 66.5 Å². The number of rotatable bonds is 4. The van der Waals surface area contributed by atoms with Gasteiger partial charge < -0.3 is 5.32 Å². The molecule has 0 spiro atoms. The SMILES string of the molecule is Cc1c(Br)ccc(NC(=O)CCN2C(=O)[C@@H]3[C@H](C2=O)C2(Cl)c4ccccc4C3(Cl)c3ccccc32)c1C. The third-order valence-corrected chi connectivity index (χ3v) is 10.4. The highest BCUT2D eigenvalue weighted by atomic mass is 79.9. The van der Waals surface area contributed by atoms with E-state index in [1.807, 2.05) is 74.5 Å². The molecule has 0 radical (unpaired) electrons. The minimum Gasteiger partial charge on any atom is -0.326 e. The first kappa shape index (κ1) is 24.7. The third-order valence-electron chi connectivity index (χ3n) is 8.23. The monoisotopic (exact) mass is 596 g/mol. The zero-order chi connectivity index (χ0) is 26.3. The summed E-state index contributed by atoms with van der Waals surface area (Å²) in [6.45, 7) is 3.85. The average Bonchev–Trinajstić information content (AvgIpc) is 3.16. The van der Waals surface area contributed by atoms with Gasteiger partial charge >= 0.3 is 0 Å². The molecule has 7 rings (SSSR count). The van der Waals surface area contributed by atoms with E-state index in [0.717, 1.165) is 37.9 Å². The Labute approximate surface area is 233 Å². The van der Waals surface area contributed by atoms with Crippen LogP contribution in [0.4, 0.5) is 5.69 Å². The van der Waals surface area contributed by atoms with E-state index < -0.39 is 21.6 Å². The van der Waals surface area contributed by atoms with Crippen molar-refractivity contribution in [3.8, 4) is 0 Å². The van der Waals surface area contributed by atoms with Gasteiger partial charge in [0.05, 0.1) is 11.8 Å². The van der Waals surface area contributed by atoms with E-state index in [1.54, 1.807) is 0 Å². The summed E-state index contributed by atoms with van der Waals surface area (Å²) >= 11 is 18.3. The Morgan fingerprint density at radius 1 is 0.838 bits per heavy atom. The number of nitrogens with one attached hydrogen (secondary N) is 1. The summed E-state index contributed by atoms with van der Waals surface area (Å²) in [4.78, 5) is 39.3. The molecule has 0 aromatic heterocycles. The smallest absolute Gasteiger partial charge is 0.235 e. The van der Waals surface area contributed by atoms with Crippen LogP contribution in [0.5, 0.6) is 0 Å². The van der Waals surface area contributed by atoms with Crippen LogP contribution in [-0.2, 0) is 24.1 Å². The first-order valence-electron chi connectivity index (χ1n) is 12.1. The van der Waals surface area contributed by atoms with Crippen LogP contribution in [-0.4, -0.2) is 29.2 Å². The molecule has 2 atom stereocenters. The number of hydrogen-bond donors (Lipinski definition) is 1. The molecule has 0 unspecified atom stereocenters. The van der Waals surface area contributed by atoms with E-state index in [0.29, 0.717) is 5.69 Å². The summed E-state index contributed by atoms with van der Waals surface area (Å²) in [5, 5.41) is 2.91. The highest BCUT2D eigenvalue weighted by Crippen LogP contribution is 2.69. The molecule has 37 heavy (non-hydrogen) atoms. The number of likely N-dealkylation sites (tertiary alicyclic amines) is 1. The fourth-order valence-corrected chi connectivity index (χ4v) is 7.82. The number of imide groups is 1. The normalized spacial score (nSPS) is 27.1. The lowest BCUT2D eigenvalue weighted by atomic mass is 9.54. The number of carbonyl (C=O) groups excluding carboxylic acids is 3. The lowest BCUT2D eigenvalue weighted by Gasteiger charge is -2.54.